The number of fused-ring (bicyclic) bond motifs is 1. The molecule has 1 aromatic rings. The number of rotatable bonds is 4. The number of H-pyrrole nitrogens is 1. The summed E-state index contributed by atoms with van der Waals surface area (Å²) >= 11 is 5.95. The van der Waals surface area contributed by atoms with E-state index in [1.165, 1.54) is 12.5 Å². The van der Waals surface area contributed by atoms with Gasteiger partial charge in [-0.05, 0) is 12.8 Å². The van der Waals surface area contributed by atoms with Crippen LogP contribution in [0.15, 0.2) is 23.6 Å². The molecule has 2 heterocycles. The molecule has 0 spiro atoms. The topological polar surface area (TPSA) is 103 Å². The zero-order valence-corrected chi connectivity index (χ0v) is 12.3. The van der Waals surface area contributed by atoms with E-state index in [0.29, 0.717) is 23.6 Å². The summed E-state index contributed by atoms with van der Waals surface area (Å²) in [5, 5.41) is 9.98. The minimum atomic E-state index is -1.23. The number of imidazole rings is 1. The van der Waals surface area contributed by atoms with E-state index < -0.39 is 35.7 Å². The third-order valence-corrected chi connectivity index (χ3v) is 4.48. The number of nitrogens with one attached hydrogen (secondary N) is 1. The maximum absolute atomic E-state index is 12.5. The molecule has 1 aromatic heterocycles. The van der Waals surface area contributed by atoms with E-state index in [0.717, 1.165) is 4.90 Å². The summed E-state index contributed by atoms with van der Waals surface area (Å²) in [6.45, 7) is 0. The van der Waals surface area contributed by atoms with Crippen molar-refractivity contribution in [3.63, 3.8) is 0 Å². The summed E-state index contributed by atoms with van der Waals surface area (Å²) in [6.07, 6.45) is 5.30. The first-order valence-electron chi connectivity index (χ1n) is 6.90. The Bertz CT molecular complexity index is 655. The molecule has 2 amide bonds. The largest absolute Gasteiger partial charge is 0.480 e. The highest BCUT2D eigenvalue weighted by Gasteiger charge is 2.52. The Morgan fingerprint density at radius 1 is 1.45 bits per heavy atom. The molecule has 1 aliphatic carbocycles. The van der Waals surface area contributed by atoms with Crippen LogP contribution < -0.4 is 0 Å². The number of aromatic nitrogens is 2. The summed E-state index contributed by atoms with van der Waals surface area (Å²) in [4.78, 5) is 44.0. The molecule has 2 N–H and O–H groups in total. The van der Waals surface area contributed by atoms with Crippen molar-refractivity contribution in [2.24, 2.45) is 11.8 Å². The number of halogens is 1. The fourth-order valence-electron chi connectivity index (χ4n) is 3.05. The minimum absolute atomic E-state index is 0.00736. The highest BCUT2D eigenvalue weighted by atomic mass is 35.5. The van der Waals surface area contributed by atoms with Crippen molar-refractivity contribution in [3.8, 4) is 0 Å². The average Bonchev–Trinajstić information content (AvgIpc) is 3.05. The number of aromatic amines is 1. The predicted molar refractivity (Wildman–Crippen MR) is 75.7 cm³/mol. The van der Waals surface area contributed by atoms with Crippen molar-refractivity contribution in [1.82, 2.24) is 14.9 Å². The molecule has 8 heteroatoms. The molecule has 0 aromatic carbocycles. The number of carbonyl (C=O) groups is 3. The number of likely N-dealkylation sites (tertiary alicyclic amines) is 1. The molecule has 22 heavy (non-hydrogen) atoms. The lowest BCUT2D eigenvalue weighted by Crippen LogP contribution is -2.46. The van der Waals surface area contributed by atoms with E-state index in [4.69, 9.17) is 11.6 Å². The van der Waals surface area contributed by atoms with Crippen molar-refractivity contribution in [2.45, 2.75) is 25.3 Å². The molecule has 2 aliphatic rings. The third-order valence-electron chi connectivity index (χ3n) is 4.17. The van der Waals surface area contributed by atoms with Gasteiger partial charge in [-0.1, -0.05) is 17.7 Å². The molecular formula is C14H14ClN3O4. The van der Waals surface area contributed by atoms with E-state index in [2.05, 4.69) is 9.97 Å². The minimum Gasteiger partial charge on any atom is -0.480 e. The average molecular weight is 324 g/mol. The number of carboxylic acid groups (broad SMARTS) is 1. The van der Waals surface area contributed by atoms with Gasteiger partial charge in [-0.25, -0.2) is 9.78 Å². The van der Waals surface area contributed by atoms with Gasteiger partial charge >= 0.3 is 5.97 Å². The van der Waals surface area contributed by atoms with Crippen LogP contribution in [0.5, 0.6) is 0 Å². The summed E-state index contributed by atoms with van der Waals surface area (Å²) < 4.78 is 0. The number of amides is 2. The van der Waals surface area contributed by atoms with Gasteiger partial charge in [0.1, 0.15) is 6.04 Å². The molecule has 0 radical (unpaired) electrons. The first-order chi connectivity index (χ1) is 10.5. The van der Waals surface area contributed by atoms with Crippen LogP contribution in [0.25, 0.3) is 0 Å². The second kappa shape index (κ2) is 5.57. The SMILES string of the molecule is O=C(O)[C@@H](Cc1cnc[nH]1)N1C(=O)[C@@H]2CC=C(Cl)C[C@H]2C1=O. The van der Waals surface area contributed by atoms with Crippen LogP contribution in [0, 0.1) is 11.8 Å². The van der Waals surface area contributed by atoms with Crippen molar-refractivity contribution >= 4 is 29.4 Å². The normalized spacial score (nSPS) is 25.9. The molecule has 7 nitrogen and oxygen atoms in total. The number of hydrogen-bond donors (Lipinski definition) is 2. The van der Waals surface area contributed by atoms with E-state index in [9.17, 15) is 19.5 Å². The fraction of sp³-hybridized carbons (Fsp3) is 0.429. The maximum Gasteiger partial charge on any atom is 0.327 e. The highest BCUT2D eigenvalue weighted by Crippen LogP contribution is 2.39. The molecule has 0 bridgehead atoms. The van der Waals surface area contributed by atoms with Gasteiger partial charge < -0.3 is 10.1 Å². The van der Waals surface area contributed by atoms with E-state index >= 15 is 0 Å². The van der Waals surface area contributed by atoms with Gasteiger partial charge in [-0.15, -0.1) is 0 Å². The lowest BCUT2D eigenvalue weighted by molar-refractivity contribution is -0.155. The molecular weight excluding hydrogens is 310 g/mol. The Morgan fingerprint density at radius 3 is 2.82 bits per heavy atom. The molecule has 0 saturated carbocycles. The van der Waals surface area contributed by atoms with Gasteiger partial charge in [0, 0.05) is 23.3 Å². The molecule has 3 rings (SSSR count). The Labute approximate surface area is 131 Å². The fourth-order valence-corrected chi connectivity index (χ4v) is 3.31. The maximum atomic E-state index is 12.5. The molecule has 116 valence electrons. The van der Waals surface area contributed by atoms with Gasteiger partial charge in [-0.3, -0.25) is 14.5 Å². The summed E-state index contributed by atoms with van der Waals surface area (Å²) in [5.41, 5.74) is 0.555. The molecule has 1 aliphatic heterocycles. The number of imide groups is 1. The van der Waals surface area contributed by atoms with Crippen LogP contribution in [0.1, 0.15) is 18.5 Å². The third kappa shape index (κ3) is 2.41. The lowest BCUT2D eigenvalue weighted by atomic mass is 9.85. The van der Waals surface area contributed by atoms with E-state index in [-0.39, 0.29) is 6.42 Å². The summed E-state index contributed by atoms with van der Waals surface area (Å²) in [7, 11) is 0. The van der Waals surface area contributed by atoms with E-state index in [1.54, 1.807) is 6.08 Å². The van der Waals surface area contributed by atoms with Crippen LogP contribution >= 0.6 is 11.6 Å². The van der Waals surface area contributed by atoms with Crippen molar-refractivity contribution in [2.75, 3.05) is 0 Å². The monoisotopic (exact) mass is 323 g/mol. The molecule has 0 unspecified atom stereocenters. The number of hydrogen-bond acceptors (Lipinski definition) is 4. The summed E-state index contributed by atoms with van der Waals surface area (Å²) in [6, 6.07) is -1.23. The van der Waals surface area contributed by atoms with E-state index in [1.807, 2.05) is 0 Å². The Balaban J connectivity index is 1.87. The lowest BCUT2D eigenvalue weighted by Gasteiger charge is -2.22. The number of nitrogens with zero attached hydrogens (tertiary/aromatic N) is 2. The standard InChI is InChI=1S/C14H14ClN3O4/c15-7-1-2-9-10(3-7)13(20)18(12(9)19)11(14(21)22)4-8-5-16-6-17-8/h1,5-6,9-11H,2-4H2,(H,16,17)(H,21,22)/t9-,10-,11-/m1/s1. The van der Waals surface area contributed by atoms with Gasteiger partial charge in [0.05, 0.1) is 18.2 Å². The van der Waals surface area contributed by atoms with Crippen LogP contribution in [0.2, 0.25) is 0 Å². The van der Waals surface area contributed by atoms with Gasteiger partial charge in [0.2, 0.25) is 11.8 Å². The highest BCUT2D eigenvalue weighted by molar-refractivity contribution is 6.30. The van der Waals surface area contributed by atoms with Gasteiger partial charge in [-0.2, -0.15) is 0 Å². The number of carbonyl (C=O) groups excluding carboxylic acids is 2. The smallest absolute Gasteiger partial charge is 0.327 e. The molecule has 1 fully saturated rings. The summed E-state index contributed by atoms with van der Waals surface area (Å²) in [5.74, 6) is -3.14. The number of allylic oxidation sites excluding steroid dienone is 2. The van der Waals surface area contributed by atoms with Crippen molar-refractivity contribution in [1.29, 1.82) is 0 Å². The zero-order valence-electron chi connectivity index (χ0n) is 11.5. The van der Waals surface area contributed by atoms with Crippen LogP contribution in [-0.2, 0) is 20.8 Å². The Morgan fingerprint density at radius 2 is 2.18 bits per heavy atom. The number of aliphatic carboxylic acids is 1. The second-order valence-corrected chi connectivity index (χ2v) is 5.97. The van der Waals surface area contributed by atoms with Gasteiger partial charge in [0.25, 0.3) is 0 Å². The Hall–Kier alpha value is -2.15. The van der Waals surface area contributed by atoms with Gasteiger partial charge in [0.15, 0.2) is 0 Å². The van der Waals surface area contributed by atoms with Crippen molar-refractivity contribution < 1.29 is 19.5 Å². The van der Waals surface area contributed by atoms with Crippen molar-refractivity contribution in [3.05, 3.63) is 29.3 Å². The first-order valence-corrected chi connectivity index (χ1v) is 7.28. The van der Waals surface area contributed by atoms with Crippen LogP contribution in [-0.4, -0.2) is 43.8 Å². The molecule has 3 atom stereocenters. The molecule has 1 saturated heterocycles. The van der Waals surface area contributed by atoms with Crippen LogP contribution in [0.4, 0.5) is 0 Å². The quantitative estimate of drug-likeness (QED) is 0.802. The Kier molecular flexibility index (Phi) is 3.74. The van der Waals surface area contributed by atoms with Crippen LogP contribution in [0.3, 0.4) is 0 Å². The second-order valence-electron chi connectivity index (χ2n) is 5.49. The predicted octanol–water partition coefficient (Wildman–Crippen LogP) is 0.923. The zero-order chi connectivity index (χ0) is 15.9. The number of carboxylic acids is 1. The first kappa shape index (κ1) is 14.8.